The number of aliphatic hydroxyl groups excluding tert-OH is 1. The number of benzene rings is 1. The summed E-state index contributed by atoms with van der Waals surface area (Å²) in [5, 5.41) is 8.75. The van der Waals surface area contributed by atoms with Gasteiger partial charge in [-0.05, 0) is 24.6 Å². The third kappa shape index (κ3) is 4.04. The fourth-order valence-electron chi connectivity index (χ4n) is 1.50. The van der Waals surface area contributed by atoms with E-state index < -0.39 is 17.8 Å². The first kappa shape index (κ1) is 17.0. The highest BCUT2D eigenvalue weighted by Crippen LogP contribution is 2.34. The summed E-state index contributed by atoms with van der Waals surface area (Å²) in [6, 6.07) is 2.44. The maximum Gasteiger partial charge on any atom is 0.416 e. The normalized spacial score (nSPS) is 12.8. The third-order valence-electron chi connectivity index (χ3n) is 2.40. The highest BCUT2D eigenvalue weighted by molar-refractivity contribution is 5.85. The molecule has 0 amide bonds. The zero-order valence-electron chi connectivity index (χ0n) is 9.70. The molecule has 3 N–H and O–H groups in total. The second kappa shape index (κ2) is 6.82. The minimum atomic E-state index is -4.42. The molecule has 0 aliphatic heterocycles. The van der Waals surface area contributed by atoms with E-state index in [1.807, 2.05) is 0 Å². The average molecular weight is 286 g/mol. The quantitative estimate of drug-likeness (QED) is 0.894. The number of methoxy groups -OCH3 is 1. The van der Waals surface area contributed by atoms with Crippen molar-refractivity contribution in [1.29, 1.82) is 0 Å². The Kier molecular flexibility index (Phi) is 6.45. The molecule has 0 aromatic heterocycles. The van der Waals surface area contributed by atoms with Gasteiger partial charge in [-0.15, -0.1) is 12.4 Å². The molecule has 0 bridgehead atoms. The van der Waals surface area contributed by atoms with E-state index in [1.54, 1.807) is 0 Å². The van der Waals surface area contributed by atoms with Crippen LogP contribution in [0.25, 0.3) is 0 Å². The van der Waals surface area contributed by atoms with Gasteiger partial charge in [0, 0.05) is 18.2 Å². The van der Waals surface area contributed by atoms with Gasteiger partial charge in [-0.25, -0.2) is 0 Å². The van der Waals surface area contributed by atoms with Crippen LogP contribution in [0.4, 0.5) is 13.2 Å². The molecule has 0 aliphatic rings. The lowest BCUT2D eigenvalue weighted by molar-refractivity contribution is -0.137. The highest BCUT2D eigenvalue weighted by Gasteiger charge is 2.31. The minimum absolute atomic E-state index is 0. The number of halogens is 4. The smallest absolute Gasteiger partial charge is 0.416 e. The van der Waals surface area contributed by atoms with E-state index in [0.29, 0.717) is 5.75 Å². The molecule has 1 atom stereocenters. The van der Waals surface area contributed by atoms with Crippen LogP contribution in [-0.2, 0) is 6.18 Å². The Bertz CT molecular complexity index is 385. The Morgan fingerprint density at radius 1 is 1.39 bits per heavy atom. The molecule has 0 spiro atoms. The molecule has 0 fully saturated rings. The molecule has 0 heterocycles. The van der Waals surface area contributed by atoms with Gasteiger partial charge in [0.15, 0.2) is 0 Å². The zero-order valence-corrected chi connectivity index (χ0v) is 10.5. The van der Waals surface area contributed by atoms with Crippen LogP contribution in [0.1, 0.15) is 23.6 Å². The first-order valence-electron chi connectivity index (χ1n) is 5.01. The van der Waals surface area contributed by atoms with Crippen LogP contribution >= 0.6 is 12.4 Å². The standard InChI is InChI=1S/C11H14F3NO2.ClH/c1-17-10-3-2-7(11(12,13)14)6-8(10)9(15)4-5-16;/h2-3,6,9,16H,4-5,15H2,1H3;1H. The van der Waals surface area contributed by atoms with Crippen molar-refractivity contribution in [1.82, 2.24) is 0 Å². The number of alkyl halides is 3. The molecule has 0 aliphatic carbocycles. The van der Waals surface area contributed by atoms with E-state index in [4.69, 9.17) is 15.6 Å². The Morgan fingerprint density at radius 2 is 2.00 bits per heavy atom. The Morgan fingerprint density at radius 3 is 2.44 bits per heavy atom. The summed E-state index contributed by atoms with van der Waals surface area (Å²) in [6.07, 6.45) is -4.24. The summed E-state index contributed by atoms with van der Waals surface area (Å²) in [5.74, 6) is 0.291. The lowest BCUT2D eigenvalue weighted by atomic mass is 10.0. The monoisotopic (exact) mass is 285 g/mol. The number of ether oxygens (including phenoxy) is 1. The molecule has 1 aromatic rings. The zero-order chi connectivity index (χ0) is 13.1. The lowest BCUT2D eigenvalue weighted by Gasteiger charge is -2.17. The number of hydrogen-bond acceptors (Lipinski definition) is 3. The van der Waals surface area contributed by atoms with Crippen molar-refractivity contribution < 1.29 is 23.0 Å². The molecule has 1 aromatic carbocycles. The van der Waals surface area contributed by atoms with Crippen molar-refractivity contribution in [2.24, 2.45) is 5.73 Å². The molecule has 0 saturated carbocycles. The van der Waals surface area contributed by atoms with Crippen molar-refractivity contribution in [2.45, 2.75) is 18.6 Å². The minimum Gasteiger partial charge on any atom is -0.496 e. The van der Waals surface area contributed by atoms with Gasteiger partial charge < -0.3 is 15.6 Å². The summed E-state index contributed by atoms with van der Waals surface area (Å²) in [5.41, 5.74) is 5.16. The fraction of sp³-hybridized carbons (Fsp3) is 0.455. The lowest BCUT2D eigenvalue weighted by Crippen LogP contribution is -2.15. The summed E-state index contributed by atoms with van der Waals surface area (Å²) < 4.78 is 42.5. The molecular weight excluding hydrogens is 271 g/mol. The first-order valence-corrected chi connectivity index (χ1v) is 5.01. The molecule has 1 rings (SSSR count). The largest absolute Gasteiger partial charge is 0.496 e. The topological polar surface area (TPSA) is 55.5 Å². The second-order valence-corrected chi connectivity index (χ2v) is 3.57. The summed E-state index contributed by atoms with van der Waals surface area (Å²) in [4.78, 5) is 0. The van der Waals surface area contributed by atoms with Crippen LogP contribution in [0.3, 0.4) is 0 Å². The number of rotatable bonds is 4. The van der Waals surface area contributed by atoms with Gasteiger partial charge in [0.05, 0.1) is 12.7 Å². The van der Waals surface area contributed by atoms with Crippen LogP contribution in [0, 0.1) is 0 Å². The van der Waals surface area contributed by atoms with Gasteiger partial charge in [-0.1, -0.05) is 0 Å². The third-order valence-corrected chi connectivity index (χ3v) is 2.40. The SMILES string of the molecule is COc1ccc(C(F)(F)F)cc1C(N)CCO.Cl. The molecular formula is C11H15ClF3NO2. The van der Waals surface area contributed by atoms with Crippen LogP contribution in [-0.4, -0.2) is 18.8 Å². The molecule has 0 radical (unpaired) electrons. The van der Waals surface area contributed by atoms with Crippen molar-refractivity contribution >= 4 is 12.4 Å². The van der Waals surface area contributed by atoms with Crippen LogP contribution < -0.4 is 10.5 Å². The van der Waals surface area contributed by atoms with Crippen LogP contribution in [0.2, 0.25) is 0 Å². The molecule has 18 heavy (non-hydrogen) atoms. The van der Waals surface area contributed by atoms with E-state index >= 15 is 0 Å². The van der Waals surface area contributed by atoms with Gasteiger partial charge in [-0.3, -0.25) is 0 Å². The van der Waals surface area contributed by atoms with E-state index in [-0.39, 0.29) is 31.0 Å². The van der Waals surface area contributed by atoms with E-state index in [1.165, 1.54) is 13.2 Å². The Balaban J connectivity index is 0.00000289. The predicted molar refractivity (Wildman–Crippen MR) is 63.9 cm³/mol. The van der Waals surface area contributed by atoms with Gasteiger partial charge in [0.1, 0.15) is 5.75 Å². The van der Waals surface area contributed by atoms with E-state index in [9.17, 15) is 13.2 Å². The van der Waals surface area contributed by atoms with E-state index in [0.717, 1.165) is 12.1 Å². The Hall–Kier alpha value is -0.980. The second-order valence-electron chi connectivity index (χ2n) is 3.57. The molecule has 104 valence electrons. The number of aliphatic hydroxyl groups is 1. The molecule has 7 heteroatoms. The van der Waals surface area contributed by atoms with Crippen molar-refractivity contribution in [3.63, 3.8) is 0 Å². The molecule has 3 nitrogen and oxygen atoms in total. The molecule has 0 saturated heterocycles. The van der Waals surface area contributed by atoms with Gasteiger partial charge in [-0.2, -0.15) is 13.2 Å². The van der Waals surface area contributed by atoms with Crippen molar-refractivity contribution in [3.05, 3.63) is 29.3 Å². The van der Waals surface area contributed by atoms with Crippen LogP contribution in [0.15, 0.2) is 18.2 Å². The van der Waals surface area contributed by atoms with Crippen molar-refractivity contribution in [3.8, 4) is 5.75 Å². The predicted octanol–water partition coefficient (Wildman–Crippen LogP) is 2.52. The summed E-state index contributed by atoms with van der Waals surface area (Å²) in [6.45, 7) is -0.194. The Labute approximate surface area is 109 Å². The maximum atomic E-state index is 12.5. The van der Waals surface area contributed by atoms with Gasteiger partial charge in [0.25, 0.3) is 0 Å². The summed E-state index contributed by atoms with van der Waals surface area (Å²) >= 11 is 0. The average Bonchev–Trinajstić information content (AvgIpc) is 2.27. The van der Waals surface area contributed by atoms with Gasteiger partial charge in [0.2, 0.25) is 0 Å². The van der Waals surface area contributed by atoms with Crippen molar-refractivity contribution in [2.75, 3.05) is 13.7 Å². The van der Waals surface area contributed by atoms with Gasteiger partial charge >= 0.3 is 6.18 Å². The highest BCUT2D eigenvalue weighted by atomic mass is 35.5. The van der Waals surface area contributed by atoms with Crippen LogP contribution in [0.5, 0.6) is 5.75 Å². The number of hydrogen-bond donors (Lipinski definition) is 2. The maximum absolute atomic E-state index is 12.5. The number of nitrogens with two attached hydrogens (primary N) is 1. The van der Waals surface area contributed by atoms with E-state index in [2.05, 4.69) is 0 Å². The molecule has 1 unspecified atom stereocenters. The fourth-order valence-corrected chi connectivity index (χ4v) is 1.50. The first-order chi connectivity index (χ1) is 7.90. The summed E-state index contributed by atoms with van der Waals surface area (Å²) in [7, 11) is 1.36.